The first kappa shape index (κ1) is 27.4. The molecule has 2 aromatic carbocycles. The van der Waals surface area contributed by atoms with E-state index in [9.17, 15) is 9.59 Å². The highest BCUT2D eigenvalue weighted by Crippen LogP contribution is 2.16. The lowest BCUT2D eigenvalue weighted by atomic mass is 10.0. The second kappa shape index (κ2) is 15.8. The highest BCUT2D eigenvalue weighted by Gasteiger charge is 2.16. The number of carbonyl (C=O) groups excluding carboxylic acids is 2. The van der Waals surface area contributed by atoms with Crippen molar-refractivity contribution in [2.45, 2.75) is 38.1 Å². The molecule has 0 aliphatic carbocycles. The van der Waals surface area contributed by atoms with E-state index in [0.717, 1.165) is 62.2 Å². The van der Waals surface area contributed by atoms with E-state index in [1.807, 2.05) is 53.4 Å². The first-order valence-electron chi connectivity index (χ1n) is 13.0. The third-order valence-electron chi connectivity index (χ3n) is 6.32. The minimum Gasteiger partial charge on any atom is -0.497 e. The minimum atomic E-state index is -0.0111. The van der Waals surface area contributed by atoms with E-state index in [4.69, 9.17) is 4.74 Å². The molecule has 0 bridgehead atoms. The van der Waals surface area contributed by atoms with Crippen LogP contribution in [0, 0.1) is 0 Å². The van der Waals surface area contributed by atoms with Gasteiger partial charge in [-0.05, 0) is 74.7 Å². The van der Waals surface area contributed by atoms with E-state index in [0.29, 0.717) is 26.1 Å². The lowest BCUT2D eigenvalue weighted by Gasteiger charge is -2.22. The van der Waals surface area contributed by atoms with Crippen molar-refractivity contribution < 1.29 is 14.3 Å². The van der Waals surface area contributed by atoms with Crippen LogP contribution in [0.4, 0.5) is 0 Å². The number of amides is 2. The number of nitrogens with one attached hydrogen (secondary N) is 3. The SMILES string of the molecule is COc1ccc(C=CC(=O)N2CCCCNCCCNC(c3ccccc3)CC(=O)NCCC2)cc1. The molecule has 1 aliphatic rings. The third kappa shape index (κ3) is 9.84. The maximum atomic E-state index is 12.9. The first-order chi connectivity index (χ1) is 17.7. The van der Waals surface area contributed by atoms with Gasteiger partial charge < -0.3 is 25.6 Å². The van der Waals surface area contributed by atoms with Crippen LogP contribution in [-0.2, 0) is 9.59 Å². The third-order valence-corrected chi connectivity index (χ3v) is 6.32. The Hall–Kier alpha value is -3.16. The van der Waals surface area contributed by atoms with Gasteiger partial charge in [0.1, 0.15) is 5.75 Å². The number of methoxy groups -OCH3 is 1. The van der Waals surface area contributed by atoms with Crippen LogP contribution in [0.3, 0.4) is 0 Å². The normalized spacial score (nSPS) is 19.4. The van der Waals surface area contributed by atoms with Gasteiger partial charge in [-0.1, -0.05) is 42.5 Å². The summed E-state index contributed by atoms with van der Waals surface area (Å²) < 4.78 is 5.19. The highest BCUT2D eigenvalue weighted by atomic mass is 16.5. The molecule has 194 valence electrons. The number of nitrogens with zero attached hydrogens (tertiary/aromatic N) is 1. The van der Waals surface area contributed by atoms with Gasteiger partial charge in [0.2, 0.25) is 11.8 Å². The van der Waals surface area contributed by atoms with Crippen LogP contribution < -0.4 is 20.7 Å². The van der Waals surface area contributed by atoms with Crippen LogP contribution >= 0.6 is 0 Å². The summed E-state index contributed by atoms with van der Waals surface area (Å²) >= 11 is 0. The molecule has 1 saturated heterocycles. The molecule has 0 spiro atoms. The van der Waals surface area contributed by atoms with Crippen molar-refractivity contribution in [3.8, 4) is 5.75 Å². The fourth-order valence-corrected chi connectivity index (χ4v) is 4.24. The zero-order chi connectivity index (χ0) is 25.4. The zero-order valence-corrected chi connectivity index (χ0v) is 21.4. The molecule has 0 saturated carbocycles. The Bertz CT molecular complexity index is 947. The Morgan fingerprint density at radius 1 is 0.917 bits per heavy atom. The second-order valence-corrected chi connectivity index (χ2v) is 9.07. The number of hydrogen-bond donors (Lipinski definition) is 3. The molecular formula is C29H40N4O3. The fourth-order valence-electron chi connectivity index (χ4n) is 4.24. The smallest absolute Gasteiger partial charge is 0.246 e. The Morgan fingerprint density at radius 2 is 1.67 bits per heavy atom. The first-order valence-corrected chi connectivity index (χ1v) is 13.0. The van der Waals surface area contributed by atoms with Crippen molar-refractivity contribution in [1.29, 1.82) is 0 Å². The Morgan fingerprint density at radius 3 is 2.44 bits per heavy atom. The molecule has 0 radical (unpaired) electrons. The summed E-state index contributed by atoms with van der Waals surface area (Å²) in [6.07, 6.45) is 7.53. The predicted molar refractivity (Wildman–Crippen MR) is 145 cm³/mol. The molecule has 2 amide bonds. The van der Waals surface area contributed by atoms with E-state index < -0.39 is 0 Å². The van der Waals surface area contributed by atoms with Crippen LogP contribution in [0.25, 0.3) is 6.08 Å². The summed E-state index contributed by atoms with van der Waals surface area (Å²) in [5, 5.41) is 10.1. The van der Waals surface area contributed by atoms with Gasteiger partial charge in [0.05, 0.1) is 7.11 Å². The van der Waals surface area contributed by atoms with Gasteiger partial charge in [-0.3, -0.25) is 9.59 Å². The molecule has 1 aliphatic heterocycles. The van der Waals surface area contributed by atoms with Gasteiger partial charge in [0, 0.05) is 38.2 Å². The Kier molecular flexibility index (Phi) is 12.0. The summed E-state index contributed by atoms with van der Waals surface area (Å²) in [5.74, 6) is 0.810. The van der Waals surface area contributed by atoms with Crippen molar-refractivity contribution in [1.82, 2.24) is 20.9 Å². The molecule has 1 fully saturated rings. The minimum absolute atomic E-state index is 0.00337. The van der Waals surface area contributed by atoms with Gasteiger partial charge in [-0.2, -0.15) is 0 Å². The molecule has 0 aromatic heterocycles. The topological polar surface area (TPSA) is 82.7 Å². The summed E-state index contributed by atoms with van der Waals surface area (Å²) in [6.45, 7) is 4.58. The molecule has 1 unspecified atom stereocenters. The number of hydrogen-bond acceptors (Lipinski definition) is 5. The summed E-state index contributed by atoms with van der Waals surface area (Å²) in [4.78, 5) is 27.5. The quantitative estimate of drug-likeness (QED) is 0.569. The summed E-state index contributed by atoms with van der Waals surface area (Å²) in [7, 11) is 1.64. The van der Waals surface area contributed by atoms with Gasteiger partial charge in [-0.15, -0.1) is 0 Å². The van der Waals surface area contributed by atoms with Gasteiger partial charge in [0.15, 0.2) is 0 Å². The van der Waals surface area contributed by atoms with Gasteiger partial charge in [-0.25, -0.2) is 0 Å². The monoisotopic (exact) mass is 492 g/mol. The average molecular weight is 493 g/mol. The number of rotatable bonds is 4. The molecule has 3 N–H and O–H groups in total. The predicted octanol–water partition coefficient (Wildman–Crippen LogP) is 3.54. The Balaban J connectivity index is 1.57. The van der Waals surface area contributed by atoms with Crippen LogP contribution in [0.5, 0.6) is 5.75 Å². The highest BCUT2D eigenvalue weighted by molar-refractivity contribution is 5.91. The molecule has 36 heavy (non-hydrogen) atoms. The number of ether oxygens (including phenoxy) is 1. The van der Waals surface area contributed by atoms with Crippen LogP contribution in [0.15, 0.2) is 60.7 Å². The van der Waals surface area contributed by atoms with Crippen molar-refractivity contribution in [3.63, 3.8) is 0 Å². The van der Waals surface area contributed by atoms with Crippen LogP contribution in [0.1, 0.15) is 49.3 Å². The average Bonchev–Trinajstić information content (AvgIpc) is 2.91. The van der Waals surface area contributed by atoms with Crippen LogP contribution in [0.2, 0.25) is 0 Å². The lowest BCUT2D eigenvalue weighted by molar-refractivity contribution is -0.126. The van der Waals surface area contributed by atoms with E-state index in [2.05, 4.69) is 28.1 Å². The molecule has 2 aromatic rings. The summed E-state index contributed by atoms with van der Waals surface area (Å²) in [5.41, 5.74) is 2.08. The maximum absolute atomic E-state index is 12.9. The van der Waals surface area contributed by atoms with E-state index in [-0.39, 0.29) is 17.9 Å². The van der Waals surface area contributed by atoms with E-state index >= 15 is 0 Å². The maximum Gasteiger partial charge on any atom is 0.246 e. The van der Waals surface area contributed by atoms with Crippen molar-refractivity contribution in [3.05, 3.63) is 71.8 Å². The molecule has 7 heteroatoms. The Labute approximate surface area is 215 Å². The zero-order valence-electron chi connectivity index (χ0n) is 21.4. The van der Waals surface area contributed by atoms with E-state index in [1.54, 1.807) is 13.2 Å². The second-order valence-electron chi connectivity index (χ2n) is 9.07. The van der Waals surface area contributed by atoms with Crippen molar-refractivity contribution in [2.24, 2.45) is 0 Å². The van der Waals surface area contributed by atoms with Crippen LogP contribution in [-0.4, -0.2) is 63.1 Å². The van der Waals surface area contributed by atoms with Crippen molar-refractivity contribution >= 4 is 17.9 Å². The van der Waals surface area contributed by atoms with Gasteiger partial charge in [0.25, 0.3) is 0 Å². The standard InChI is InChI=1S/C29H40N4O3/c1-36-26-14-11-24(12-15-26)13-16-29(35)33-21-6-5-17-30-18-7-19-31-27(25-9-3-2-4-10-25)23-28(34)32-20-8-22-33/h2-4,9-16,27,30-31H,5-8,17-23H2,1H3,(H,32,34). The van der Waals surface area contributed by atoms with E-state index in [1.165, 1.54) is 0 Å². The fraction of sp³-hybridized carbons (Fsp3) is 0.448. The van der Waals surface area contributed by atoms with Gasteiger partial charge >= 0.3 is 0 Å². The molecule has 7 nitrogen and oxygen atoms in total. The number of carbonyl (C=O) groups is 2. The van der Waals surface area contributed by atoms with Crippen molar-refractivity contribution in [2.75, 3.05) is 46.4 Å². The molecule has 3 rings (SSSR count). The largest absolute Gasteiger partial charge is 0.497 e. The lowest BCUT2D eigenvalue weighted by Crippen LogP contribution is -2.35. The summed E-state index contributed by atoms with van der Waals surface area (Å²) in [6, 6.07) is 17.7. The number of benzene rings is 2. The molecular weight excluding hydrogens is 452 g/mol. The molecule has 1 atom stereocenters. The molecule has 1 heterocycles.